The zero-order chi connectivity index (χ0) is 16.4. The van der Waals surface area contributed by atoms with Crippen molar-refractivity contribution in [2.24, 2.45) is 0 Å². The number of rotatable bonds is 5. The van der Waals surface area contributed by atoms with Crippen molar-refractivity contribution in [3.8, 4) is 22.1 Å². The highest BCUT2D eigenvalue weighted by atomic mass is 32.2. The third kappa shape index (κ3) is 3.03. The predicted molar refractivity (Wildman–Crippen MR) is 90.2 cm³/mol. The Kier molecular flexibility index (Phi) is 4.01. The number of thioether (sulfide) groups is 1. The molecule has 0 unspecified atom stereocenters. The lowest BCUT2D eigenvalue weighted by Gasteiger charge is -2.03. The van der Waals surface area contributed by atoms with E-state index in [4.69, 9.17) is 4.52 Å². The Balaban J connectivity index is 1.49. The van der Waals surface area contributed by atoms with Gasteiger partial charge in [-0.1, -0.05) is 23.0 Å². The number of benzene rings is 1. The summed E-state index contributed by atoms with van der Waals surface area (Å²) in [6.45, 7) is 0. The summed E-state index contributed by atoms with van der Waals surface area (Å²) in [6.07, 6.45) is 0. The van der Waals surface area contributed by atoms with Crippen LogP contribution < -0.4 is 0 Å². The van der Waals surface area contributed by atoms with Gasteiger partial charge < -0.3 is 9.63 Å². The van der Waals surface area contributed by atoms with Gasteiger partial charge in [0.25, 0.3) is 0 Å². The van der Waals surface area contributed by atoms with Crippen molar-refractivity contribution in [3.05, 3.63) is 53.5 Å². The largest absolute Gasteiger partial charge is 0.508 e. The quantitative estimate of drug-likeness (QED) is 0.548. The molecular weight excluding hydrogens is 346 g/mol. The smallest absolute Gasteiger partial charge is 0.214 e. The van der Waals surface area contributed by atoms with Crippen molar-refractivity contribution >= 4 is 23.1 Å². The first kappa shape index (κ1) is 14.9. The molecular formula is C15H11N5O2S2. The van der Waals surface area contributed by atoms with Gasteiger partial charge in [0.05, 0.1) is 16.3 Å². The van der Waals surface area contributed by atoms with E-state index in [0.29, 0.717) is 10.9 Å². The highest BCUT2D eigenvalue weighted by Crippen LogP contribution is 2.28. The normalized spacial score (nSPS) is 11.0. The summed E-state index contributed by atoms with van der Waals surface area (Å²) < 4.78 is 6.98. The van der Waals surface area contributed by atoms with Crippen LogP contribution in [0.2, 0.25) is 0 Å². The summed E-state index contributed by atoms with van der Waals surface area (Å²) in [7, 11) is 0. The molecule has 0 saturated carbocycles. The van der Waals surface area contributed by atoms with Gasteiger partial charge in [0.1, 0.15) is 5.75 Å². The van der Waals surface area contributed by atoms with Gasteiger partial charge in [0.2, 0.25) is 5.16 Å². The van der Waals surface area contributed by atoms with Gasteiger partial charge in [-0.2, -0.15) is 4.68 Å². The van der Waals surface area contributed by atoms with Crippen LogP contribution >= 0.6 is 23.1 Å². The molecule has 1 aromatic carbocycles. The highest BCUT2D eigenvalue weighted by Gasteiger charge is 2.12. The highest BCUT2D eigenvalue weighted by molar-refractivity contribution is 7.98. The van der Waals surface area contributed by atoms with Crippen LogP contribution in [0, 0.1) is 0 Å². The van der Waals surface area contributed by atoms with Crippen LogP contribution in [0.4, 0.5) is 0 Å². The van der Waals surface area contributed by atoms with Crippen molar-refractivity contribution in [1.82, 2.24) is 25.4 Å². The van der Waals surface area contributed by atoms with Crippen molar-refractivity contribution in [3.63, 3.8) is 0 Å². The van der Waals surface area contributed by atoms with E-state index in [1.807, 2.05) is 23.6 Å². The summed E-state index contributed by atoms with van der Waals surface area (Å²) in [4.78, 5) is 1.05. The second-order valence-electron chi connectivity index (χ2n) is 4.84. The van der Waals surface area contributed by atoms with E-state index in [2.05, 4.69) is 20.7 Å². The number of thiophene rings is 1. The number of tetrazole rings is 1. The van der Waals surface area contributed by atoms with Gasteiger partial charge >= 0.3 is 0 Å². The first-order chi connectivity index (χ1) is 11.8. The minimum atomic E-state index is 0.199. The van der Waals surface area contributed by atoms with Gasteiger partial charge in [0, 0.05) is 11.8 Å². The topological polar surface area (TPSA) is 89.9 Å². The molecule has 0 amide bonds. The minimum absolute atomic E-state index is 0.199. The number of nitrogens with zero attached hydrogens (tertiary/aromatic N) is 5. The maximum absolute atomic E-state index is 9.37. The van der Waals surface area contributed by atoms with Crippen molar-refractivity contribution in [2.75, 3.05) is 0 Å². The average molecular weight is 357 g/mol. The minimum Gasteiger partial charge on any atom is -0.508 e. The number of phenolic OH excluding ortho intramolecular Hbond substituents is 1. The molecule has 24 heavy (non-hydrogen) atoms. The first-order valence-electron chi connectivity index (χ1n) is 6.99. The molecule has 0 atom stereocenters. The lowest BCUT2D eigenvalue weighted by molar-refractivity contribution is 0.427. The molecule has 1 N–H and O–H groups in total. The fourth-order valence-corrected chi connectivity index (χ4v) is 3.52. The molecule has 0 fully saturated rings. The van der Waals surface area contributed by atoms with Gasteiger partial charge in [-0.25, -0.2) is 0 Å². The maximum Gasteiger partial charge on any atom is 0.214 e. The predicted octanol–water partition coefficient (Wildman–Crippen LogP) is 3.38. The van der Waals surface area contributed by atoms with Crippen LogP contribution in [0.25, 0.3) is 16.3 Å². The molecule has 9 heteroatoms. The Morgan fingerprint density at radius 3 is 2.88 bits per heavy atom. The monoisotopic (exact) mass is 357 g/mol. The molecule has 0 radical (unpaired) electrons. The van der Waals surface area contributed by atoms with Crippen LogP contribution in [0.3, 0.4) is 0 Å². The molecule has 0 aliphatic rings. The van der Waals surface area contributed by atoms with Crippen LogP contribution in [-0.4, -0.2) is 30.5 Å². The molecule has 0 saturated heterocycles. The molecule has 0 aliphatic carbocycles. The molecule has 0 spiro atoms. The zero-order valence-electron chi connectivity index (χ0n) is 12.2. The standard InChI is InChI=1S/C15H11N5O2S2/c21-12-5-3-11(4-6-12)20-15(16-18-19-20)24-9-10-8-13(22-17-10)14-2-1-7-23-14/h1-8,21H,9H2. The third-order valence-electron chi connectivity index (χ3n) is 3.21. The number of aromatic nitrogens is 5. The average Bonchev–Trinajstić information content (AvgIpc) is 3.34. The van der Waals surface area contributed by atoms with Crippen LogP contribution in [0.1, 0.15) is 5.69 Å². The lowest BCUT2D eigenvalue weighted by Crippen LogP contribution is -1.98. The summed E-state index contributed by atoms with van der Waals surface area (Å²) in [5.41, 5.74) is 1.60. The van der Waals surface area contributed by atoms with E-state index < -0.39 is 0 Å². The van der Waals surface area contributed by atoms with Crippen molar-refractivity contribution in [1.29, 1.82) is 0 Å². The molecule has 3 heterocycles. The summed E-state index contributed by atoms with van der Waals surface area (Å²) >= 11 is 3.07. The molecule has 4 aromatic rings. The van der Waals surface area contributed by atoms with Crippen LogP contribution in [-0.2, 0) is 5.75 Å². The number of phenols is 1. The molecule has 0 bridgehead atoms. The zero-order valence-corrected chi connectivity index (χ0v) is 13.9. The Hall–Kier alpha value is -2.65. The van der Waals surface area contributed by atoms with E-state index in [0.717, 1.165) is 22.0 Å². The van der Waals surface area contributed by atoms with E-state index in [1.165, 1.54) is 11.8 Å². The van der Waals surface area contributed by atoms with Crippen LogP contribution in [0.15, 0.2) is 57.5 Å². The molecule has 120 valence electrons. The molecule has 7 nitrogen and oxygen atoms in total. The Bertz CT molecular complexity index is 931. The number of hydrogen-bond acceptors (Lipinski definition) is 8. The maximum atomic E-state index is 9.37. The Labute approximate surface area is 144 Å². The number of aromatic hydroxyl groups is 1. The fourth-order valence-electron chi connectivity index (χ4n) is 2.08. The van der Waals surface area contributed by atoms with E-state index in [9.17, 15) is 5.11 Å². The molecule has 0 aliphatic heterocycles. The van der Waals surface area contributed by atoms with Gasteiger partial charge in [-0.15, -0.1) is 16.4 Å². The van der Waals surface area contributed by atoms with Crippen molar-refractivity contribution in [2.45, 2.75) is 10.9 Å². The van der Waals surface area contributed by atoms with E-state index >= 15 is 0 Å². The summed E-state index contributed by atoms with van der Waals surface area (Å²) in [5.74, 6) is 1.55. The first-order valence-corrected chi connectivity index (χ1v) is 8.86. The molecule has 4 rings (SSSR count). The van der Waals surface area contributed by atoms with Gasteiger partial charge in [-0.3, -0.25) is 0 Å². The summed E-state index contributed by atoms with van der Waals surface area (Å²) in [5, 5.41) is 27.8. The summed E-state index contributed by atoms with van der Waals surface area (Å²) in [6, 6.07) is 12.6. The molecule has 3 aromatic heterocycles. The Morgan fingerprint density at radius 1 is 1.21 bits per heavy atom. The van der Waals surface area contributed by atoms with Crippen molar-refractivity contribution < 1.29 is 9.63 Å². The van der Waals surface area contributed by atoms with E-state index in [-0.39, 0.29) is 5.75 Å². The second kappa shape index (κ2) is 6.46. The van der Waals surface area contributed by atoms with Crippen LogP contribution in [0.5, 0.6) is 5.75 Å². The fraction of sp³-hybridized carbons (Fsp3) is 0.0667. The lowest BCUT2D eigenvalue weighted by atomic mass is 10.3. The van der Waals surface area contributed by atoms with Gasteiger partial charge in [-0.05, 0) is 46.1 Å². The third-order valence-corrected chi connectivity index (χ3v) is 5.04. The SMILES string of the molecule is Oc1ccc(-n2nnnc2SCc2cc(-c3cccs3)on2)cc1. The van der Waals surface area contributed by atoms with E-state index in [1.54, 1.807) is 40.3 Å². The Morgan fingerprint density at radius 2 is 2.08 bits per heavy atom. The number of hydrogen-bond donors (Lipinski definition) is 1. The second-order valence-corrected chi connectivity index (χ2v) is 6.73. The van der Waals surface area contributed by atoms with Gasteiger partial charge in [0.15, 0.2) is 5.76 Å².